The van der Waals surface area contributed by atoms with Crippen molar-refractivity contribution in [3.63, 3.8) is 0 Å². The third-order valence-corrected chi connectivity index (χ3v) is 1.81. The van der Waals surface area contributed by atoms with Crippen molar-refractivity contribution in [2.75, 3.05) is 13.6 Å². The normalized spacial score (nSPS) is 12.6. The SMILES string of the molecule is C=C(Br)CN(C)C(C)CC#N. The summed E-state index contributed by atoms with van der Waals surface area (Å²) in [6, 6.07) is 2.44. The number of hydrogen-bond acceptors (Lipinski definition) is 2. The van der Waals surface area contributed by atoms with Crippen LogP contribution in [0.3, 0.4) is 0 Å². The Bertz CT molecular complexity index is 171. The average molecular weight is 217 g/mol. The number of nitrogens with zero attached hydrogens (tertiary/aromatic N) is 2. The predicted octanol–water partition coefficient (Wildman–Crippen LogP) is 2.13. The molecule has 3 heteroatoms. The fraction of sp³-hybridized carbons (Fsp3) is 0.625. The molecule has 0 aliphatic heterocycles. The number of hydrogen-bond donors (Lipinski definition) is 0. The highest BCUT2D eigenvalue weighted by atomic mass is 79.9. The fourth-order valence-electron chi connectivity index (χ4n) is 0.714. The van der Waals surface area contributed by atoms with Gasteiger partial charge in [0, 0.05) is 17.1 Å². The van der Waals surface area contributed by atoms with E-state index in [1.54, 1.807) is 0 Å². The molecule has 0 rings (SSSR count). The molecule has 0 amide bonds. The second-order valence-electron chi connectivity index (χ2n) is 2.64. The van der Waals surface area contributed by atoms with E-state index < -0.39 is 0 Å². The van der Waals surface area contributed by atoms with Gasteiger partial charge in [0.05, 0.1) is 12.5 Å². The highest BCUT2D eigenvalue weighted by molar-refractivity contribution is 9.11. The van der Waals surface area contributed by atoms with Crippen molar-refractivity contribution < 1.29 is 0 Å². The zero-order chi connectivity index (χ0) is 8.85. The molecule has 1 atom stereocenters. The van der Waals surface area contributed by atoms with Crippen LogP contribution in [0.1, 0.15) is 13.3 Å². The second kappa shape index (κ2) is 5.34. The highest BCUT2D eigenvalue weighted by Gasteiger charge is 2.07. The summed E-state index contributed by atoms with van der Waals surface area (Å²) >= 11 is 3.28. The molecule has 0 aliphatic rings. The Morgan fingerprint density at radius 1 is 1.82 bits per heavy atom. The number of halogens is 1. The molecule has 0 radical (unpaired) electrons. The molecule has 0 aromatic carbocycles. The highest BCUT2D eigenvalue weighted by Crippen LogP contribution is 2.07. The molecule has 11 heavy (non-hydrogen) atoms. The molecule has 0 saturated carbocycles. The van der Waals surface area contributed by atoms with Crippen LogP contribution in [0, 0.1) is 11.3 Å². The Morgan fingerprint density at radius 2 is 2.36 bits per heavy atom. The zero-order valence-corrected chi connectivity index (χ0v) is 8.56. The zero-order valence-electron chi connectivity index (χ0n) is 6.97. The van der Waals surface area contributed by atoms with Gasteiger partial charge in [0.15, 0.2) is 0 Å². The van der Waals surface area contributed by atoms with Gasteiger partial charge in [-0.1, -0.05) is 22.5 Å². The fourth-order valence-corrected chi connectivity index (χ4v) is 1.11. The van der Waals surface area contributed by atoms with E-state index in [1.807, 2.05) is 14.0 Å². The van der Waals surface area contributed by atoms with Crippen LogP contribution in [0.2, 0.25) is 0 Å². The Labute approximate surface area is 76.6 Å². The Hall–Kier alpha value is -0.330. The van der Waals surface area contributed by atoms with E-state index in [9.17, 15) is 0 Å². The molecule has 0 aromatic rings. The maximum Gasteiger partial charge on any atom is 0.0638 e. The van der Waals surface area contributed by atoms with Gasteiger partial charge >= 0.3 is 0 Å². The van der Waals surface area contributed by atoms with E-state index in [0.717, 1.165) is 11.0 Å². The smallest absolute Gasteiger partial charge is 0.0638 e. The van der Waals surface area contributed by atoms with Gasteiger partial charge in [0.1, 0.15) is 0 Å². The Morgan fingerprint density at radius 3 is 2.73 bits per heavy atom. The summed E-state index contributed by atoms with van der Waals surface area (Å²) in [5.41, 5.74) is 0. The molecule has 2 nitrogen and oxygen atoms in total. The van der Waals surface area contributed by atoms with Crippen molar-refractivity contribution in [3.8, 4) is 6.07 Å². The van der Waals surface area contributed by atoms with E-state index in [0.29, 0.717) is 12.5 Å². The lowest BCUT2D eigenvalue weighted by Crippen LogP contribution is -2.29. The molecule has 0 heterocycles. The van der Waals surface area contributed by atoms with Crippen molar-refractivity contribution >= 4 is 15.9 Å². The maximum absolute atomic E-state index is 8.41. The molecule has 0 aromatic heterocycles. The van der Waals surface area contributed by atoms with Crippen molar-refractivity contribution in [2.45, 2.75) is 19.4 Å². The quantitative estimate of drug-likeness (QED) is 0.721. The van der Waals surface area contributed by atoms with Crippen molar-refractivity contribution in [3.05, 3.63) is 11.1 Å². The standard InChI is InChI=1S/C8H13BrN2/c1-7(9)6-11(3)8(2)4-5-10/h8H,1,4,6H2,2-3H3. The molecule has 0 N–H and O–H groups in total. The van der Waals surface area contributed by atoms with Crippen molar-refractivity contribution in [1.29, 1.82) is 5.26 Å². The van der Waals surface area contributed by atoms with Gasteiger partial charge < -0.3 is 0 Å². The lowest BCUT2D eigenvalue weighted by molar-refractivity contribution is 0.287. The first-order chi connectivity index (χ1) is 5.07. The summed E-state index contributed by atoms with van der Waals surface area (Å²) < 4.78 is 0.949. The van der Waals surface area contributed by atoms with Crippen molar-refractivity contribution in [2.24, 2.45) is 0 Å². The minimum absolute atomic E-state index is 0.300. The number of likely N-dealkylation sites (N-methyl/N-ethyl adjacent to an activating group) is 1. The molecule has 1 unspecified atom stereocenters. The van der Waals surface area contributed by atoms with Gasteiger partial charge in [-0.25, -0.2) is 0 Å². The minimum atomic E-state index is 0.300. The van der Waals surface area contributed by atoms with Crippen LogP contribution in [-0.2, 0) is 0 Å². The summed E-state index contributed by atoms with van der Waals surface area (Å²) in [6.07, 6.45) is 0.566. The molecular formula is C8H13BrN2. The molecule has 0 aliphatic carbocycles. The van der Waals surface area contributed by atoms with E-state index in [-0.39, 0.29) is 0 Å². The predicted molar refractivity (Wildman–Crippen MR) is 50.4 cm³/mol. The van der Waals surface area contributed by atoms with Crippen LogP contribution >= 0.6 is 15.9 Å². The largest absolute Gasteiger partial charge is 0.298 e. The van der Waals surface area contributed by atoms with Crippen LogP contribution in [0.25, 0.3) is 0 Å². The monoisotopic (exact) mass is 216 g/mol. The summed E-state index contributed by atoms with van der Waals surface area (Å²) in [5.74, 6) is 0. The average Bonchev–Trinajstić information content (AvgIpc) is 1.86. The Kier molecular flexibility index (Phi) is 5.18. The summed E-state index contributed by atoms with van der Waals surface area (Å²) in [5, 5.41) is 8.41. The van der Waals surface area contributed by atoms with Gasteiger partial charge in [-0.05, 0) is 14.0 Å². The number of nitriles is 1. The number of rotatable bonds is 4. The van der Waals surface area contributed by atoms with Gasteiger partial charge in [-0.2, -0.15) is 5.26 Å². The molecule has 62 valence electrons. The Balaban J connectivity index is 3.74. The van der Waals surface area contributed by atoms with Crippen LogP contribution in [-0.4, -0.2) is 24.5 Å². The van der Waals surface area contributed by atoms with Crippen LogP contribution in [0.15, 0.2) is 11.1 Å². The van der Waals surface area contributed by atoms with E-state index in [1.165, 1.54) is 0 Å². The summed E-state index contributed by atoms with van der Waals surface area (Å²) in [6.45, 7) is 6.55. The van der Waals surface area contributed by atoms with Gasteiger partial charge in [0.25, 0.3) is 0 Å². The molecule has 0 bridgehead atoms. The summed E-state index contributed by atoms with van der Waals surface area (Å²) in [7, 11) is 1.98. The van der Waals surface area contributed by atoms with Gasteiger partial charge in [-0.15, -0.1) is 0 Å². The lowest BCUT2D eigenvalue weighted by atomic mass is 10.2. The topological polar surface area (TPSA) is 27.0 Å². The second-order valence-corrected chi connectivity index (χ2v) is 3.77. The molecule has 0 fully saturated rings. The van der Waals surface area contributed by atoms with E-state index in [4.69, 9.17) is 5.26 Å². The first-order valence-corrected chi connectivity index (χ1v) is 4.27. The lowest BCUT2D eigenvalue weighted by Gasteiger charge is -2.21. The van der Waals surface area contributed by atoms with E-state index >= 15 is 0 Å². The first kappa shape index (κ1) is 10.7. The molecule has 0 saturated heterocycles. The molecular weight excluding hydrogens is 204 g/mol. The van der Waals surface area contributed by atoms with Gasteiger partial charge in [0.2, 0.25) is 0 Å². The molecule has 0 spiro atoms. The third kappa shape index (κ3) is 5.00. The van der Waals surface area contributed by atoms with Crippen LogP contribution in [0.5, 0.6) is 0 Å². The van der Waals surface area contributed by atoms with E-state index in [2.05, 4.69) is 33.5 Å². The van der Waals surface area contributed by atoms with Crippen LogP contribution < -0.4 is 0 Å². The first-order valence-electron chi connectivity index (χ1n) is 3.48. The van der Waals surface area contributed by atoms with Gasteiger partial charge in [-0.3, -0.25) is 4.90 Å². The van der Waals surface area contributed by atoms with Crippen molar-refractivity contribution in [1.82, 2.24) is 4.90 Å². The third-order valence-electron chi connectivity index (χ3n) is 1.56. The van der Waals surface area contributed by atoms with Crippen LogP contribution in [0.4, 0.5) is 0 Å². The minimum Gasteiger partial charge on any atom is -0.298 e. The summed E-state index contributed by atoms with van der Waals surface area (Å²) in [4.78, 5) is 2.08. The maximum atomic E-state index is 8.41.